The zero-order valence-electron chi connectivity index (χ0n) is 12.4. The summed E-state index contributed by atoms with van der Waals surface area (Å²) in [5, 5.41) is 30.3. The van der Waals surface area contributed by atoms with Crippen LogP contribution in [0, 0.1) is 0 Å². The Hall–Kier alpha value is -1.83. The van der Waals surface area contributed by atoms with E-state index in [1.807, 2.05) is 0 Å². The molecule has 0 saturated carbocycles. The van der Waals surface area contributed by atoms with Gasteiger partial charge in [0.05, 0.1) is 5.39 Å². The number of aliphatic hydroxyl groups excluding tert-OH is 3. The first kappa shape index (κ1) is 18.0. The van der Waals surface area contributed by atoms with Crippen molar-refractivity contribution in [1.29, 1.82) is 0 Å². The second-order valence-corrected chi connectivity index (χ2v) is 6.58. The Morgan fingerprint density at radius 1 is 1.28 bits per heavy atom. The lowest BCUT2D eigenvalue weighted by atomic mass is 10.1. The summed E-state index contributed by atoms with van der Waals surface area (Å²) in [6.45, 7) is 0. The average Bonchev–Trinajstić information content (AvgIpc) is 3.00. The van der Waals surface area contributed by atoms with E-state index in [9.17, 15) is 19.9 Å². The molecule has 1 unspecified atom stereocenters. The van der Waals surface area contributed by atoms with Crippen LogP contribution in [0.3, 0.4) is 0 Å². The highest BCUT2D eigenvalue weighted by Gasteiger charge is 2.49. The van der Waals surface area contributed by atoms with Crippen LogP contribution < -0.4 is 11.5 Å². The van der Waals surface area contributed by atoms with E-state index >= 15 is 0 Å². The third kappa shape index (κ3) is 3.31. The quantitative estimate of drug-likeness (QED) is 0.220. The summed E-state index contributed by atoms with van der Waals surface area (Å²) < 4.78 is 21.5. The van der Waals surface area contributed by atoms with E-state index in [1.165, 1.54) is 16.8 Å². The number of nitrogens with two attached hydrogens (primary N) is 2. The van der Waals surface area contributed by atoms with Crippen molar-refractivity contribution >= 4 is 30.6 Å². The van der Waals surface area contributed by atoms with Crippen LogP contribution in [0.2, 0.25) is 0 Å². The molecule has 2 aromatic heterocycles. The molecule has 25 heavy (non-hydrogen) atoms. The summed E-state index contributed by atoms with van der Waals surface area (Å²) in [4.78, 5) is 25.2. The fourth-order valence-corrected chi connectivity index (χ4v) is 3.03. The minimum Gasteiger partial charge on any atom is -0.387 e. The van der Waals surface area contributed by atoms with Gasteiger partial charge >= 0.3 is 7.82 Å². The van der Waals surface area contributed by atoms with E-state index in [-0.39, 0.29) is 17.4 Å². The number of aromatic nitrogens is 3. The van der Waals surface area contributed by atoms with Crippen molar-refractivity contribution in [2.75, 3.05) is 11.5 Å². The number of aliphatic hydroxyl groups is 3. The van der Waals surface area contributed by atoms with Crippen molar-refractivity contribution in [3.63, 3.8) is 0 Å². The number of nitrogens with zero attached hydrogens (tertiary/aromatic N) is 3. The normalized spacial score (nSPS) is 28.5. The van der Waals surface area contributed by atoms with Gasteiger partial charge in [-0.15, -0.1) is 0 Å². The van der Waals surface area contributed by atoms with Gasteiger partial charge in [-0.2, -0.15) is 9.97 Å². The number of nitrogen functional groups attached to an aromatic ring is 2. The Balaban J connectivity index is 1.93. The van der Waals surface area contributed by atoms with Crippen molar-refractivity contribution in [3.05, 3.63) is 12.3 Å². The van der Waals surface area contributed by atoms with Gasteiger partial charge in [0, 0.05) is 6.20 Å². The lowest BCUT2D eigenvalue weighted by molar-refractivity contribution is -0.160. The Labute approximate surface area is 139 Å². The molecule has 0 aromatic carbocycles. The molecule has 0 amide bonds. The molecule has 14 heteroatoms. The standard InChI is InChI=1S/C11H16N5O8P/c12-7-3-1-2-16(8(3)15-11(13)14-7)9-5(18)4(17)6(23-9)10(19)24-25(20,21)22/h1-2,4-6,9-10,17-19H,(H2,20,21,22)(H4,12,13,14,15)/t4-,5-,6-,9+,10?/m0/s1. The highest BCUT2D eigenvalue weighted by molar-refractivity contribution is 7.46. The van der Waals surface area contributed by atoms with Gasteiger partial charge in [0.15, 0.2) is 12.5 Å². The average molecular weight is 377 g/mol. The maximum absolute atomic E-state index is 10.8. The fraction of sp³-hybridized carbons (Fsp3) is 0.455. The largest absolute Gasteiger partial charge is 0.472 e. The van der Waals surface area contributed by atoms with Crippen LogP contribution in [-0.2, 0) is 13.8 Å². The molecule has 2 aromatic rings. The van der Waals surface area contributed by atoms with Crippen LogP contribution in [0.4, 0.5) is 11.8 Å². The van der Waals surface area contributed by atoms with Crippen molar-refractivity contribution in [2.45, 2.75) is 30.8 Å². The first-order valence-corrected chi connectivity index (χ1v) is 8.44. The minimum absolute atomic E-state index is 0.0932. The zero-order chi connectivity index (χ0) is 18.5. The minimum atomic E-state index is -5.04. The highest BCUT2D eigenvalue weighted by atomic mass is 31.2. The van der Waals surface area contributed by atoms with Crippen molar-refractivity contribution in [3.8, 4) is 0 Å². The van der Waals surface area contributed by atoms with E-state index < -0.39 is 38.7 Å². The molecule has 0 radical (unpaired) electrons. The van der Waals surface area contributed by atoms with Gasteiger partial charge in [-0.25, -0.2) is 4.57 Å². The first-order chi connectivity index (χ1) is 11.6. The van der Waals surface area contributed by atoms with Crippen LogP contribution in [0.1, 0.15) is 6.23 Å². The number of hydrogen-bond donors (Lipinski definition) is 7. The molecule has 1 aliphatic rings. The molecule has 0 spiro atoms. The lowest BCUT2D eigenvalue weighted by Crippen LogP contribution is -2.39. The van der Waals surface area contributed by atoms with Gasteiger partial charge in [-0.3, -0.25) is 4.52 Å². The van der Waals surface area contributed by atoms with E-state index in [0.717, 1.165) is 0 Å². The lowest BCUT2D eigenvalue weighted by Gasteiger charge is -2.21. The third-order valence-corrected chi connectivity index (χ3v) is 4.19. The Morgan fingerprint density at radius 2 is 1.96 bits per heavy atom. The summed E-state index contributed by atoms with van der Waals surface area (Å²) in [7, 11) is -5.04. The molecule has 1 fully saturated rings. The van der Waals surface area contributed by atoms with Gasteiger partial charge < -0.3 is 45.9 Å². The van der Waals surface area contributed by atoms with Gasteiger partial charge in [0.25, 0.3) is 0 Å². The Morgan fingerprint density at radius 3 is 2.60 bits per heavy atom. The number of rotatable bonds is 4. The monoisotopic (exact) mass is 377 g/mol. The van der Waals surface area contributed by atoms with Crippen LogP contribution in [0.15, 0.2) is 12.3 Å². The smallest absolute Gasteiger partial charge is 0.387 e. The fourth-order valence-electron chi connectivity index (χ4n) is 2.63. The van der Waals surface area contributed by atoms with Crippen LogP contribution >= 0.6 is 7.82 Å². The maximum atomic E-state index is 10.8. The second-order valence-electron chi connectivity index (χ2n) is 5.39. The van der Waals surface area contributed by atoms with Crippen molar-refractivity contribution in [1.82, 2.24) is 14.5 Å². The molecule has 138 valence electrons. The molecule has 3 heterocycles. The van der Waals surface area contributed by atoms with Crippen LogP contribution in [0.25, 0.3) is 11.0 Å². The van der Waals surface area contributed by atoms with Gasteiger partial charge in [-0.05, 0) is 6.07 Å². The third-order valence-electron chi connectivity index (χ3n) is 3.69. The summed E-state index contributed by atoms with van der Waals surface area (Å²) in [6, 6.07) is 1.53. The van der Waals surface area contributed by atoms with Gasteiger partial charge in [0.2, 0.25) is 5.95 Å². The SMILES string of the molecule is Nc1nc(N)c2ccn([C@@H]3O[C@H](C(O)OP(=O)(O)O)[C@@H](O)[C@@H]3O)c2n1. The van der Waals surface area contributed by atoms with Crippen molar-refractivity contribution in [2.24, 2.45) is 0 Å². The van der Waals surface area contributed by atoms with E-state index in [4.69, 9.17) is 26.0 Å². The molecular weight excluding hydrogens is 361 g/mol. The summed E-state index contributed by atoms with van der Waals surface area (Å²) in [6.07, 6.45) is -6.87. The molecule has 5 atom stereocenters. The molecule has 13 nitrogen and oxygen atoms in total. The van der Waals surface area contributed by atoms with Gasteiger partial charge in [0.1, 0.15) is 29.8 Å². The number of hydrogen-bond acceptors (Lipinski definition) is 10. The molecule has 9 N–H and O–H groups in total. The molecular formula is C11H16N5O8P. The second kappa shape index (κ2) is 6.16. The molecule has 1 saturated heterocycles. The molecule has 3 rings (SSSR count). The van der Waals surface area contributed by atoms with E-state index in [2.05, 4.69) is 14.5 Å². The number of phosphoric ester groups is 1. The Bertz CT molecular complexity index is 839. The zero-order valence-corrected chi connectivity index (χ0v) is 13.3. The molecule has 0 aliphatic carbocycles. The number of ether oxygens (including phenoxy) is 1. The van der Waals surface area contributed by atoms with Crippen LogP contribution in [-0.4, -0.2) is 64.2 Å². The van der Waals surface area contributed by atoms with E-state index in [1.54, 1.807) is 0 Å². The Kier molecular flexibility index (Phi) is 4.43. The van der Waals surface area contributed by atoms with Crippen LogP contribution in [0.5, 0.6) is 0 Å². The predicted octanol–water partition coefficient (Wildman–Crippen LogP) is -2.36. The highest BCUT2D eigenvalue weighted by Crippen LogP contribution is 2.41. The summed E-state index contributed by atoms with van der Waals surface area (Å²) in [5.74, 6) is -0.0323. The summed E-state index contributed by atoms with van der Waals surface area (Å²) >= 11 is 0. The van der Waals surface area contributed by atoms with Gasteiger partial charge in [-0.1, -0.05) is 0 Å². The number of fused-ring (bicyclic) bond motifs is 1. The van der Waals surface area contributed by atoms with Crippen molar-refractivity contribution < 1.29 is 38.9 Å². The van der Waals surface area contributed by atoms with E-state index in [0.29, 0.717) is 5.39 Å². The number of phosphoric acid groups is 1. The molecule has 0 bridgehead atoms. The number of anilines is 2. The first-order valence-electron chi connectivity index (χ1n) is 6.91. The topological polar surface area (TPSA) is 219 Å². The maximum Gasteiger partial charge on any atom is 0.472 e. The predicted molar refractivity (Wildman–Crippen MR) is 81.4 cm³/mol. The molecule has 1 aliphatic heterocycles. The summed E-state index contributed by atoms with van der Waals surface area (Å²) in [5.41, 5.74) is 11.5.